The van der Waals surface area contributed by atoms with Crippen LogP contribution in [-0.4, -0.2) is 56.6 Å². The Hall–Kier alpha value is -1.18. The van der Waals surface area contributed by atoms with E-state index in [0.717, 1.165) is 0 Å². The summed E-state index contributed by atoms with van der Waals surface area (Å²) in [5, 5.41) is 23.5. The molecule has 0 aliphatic heterocycles. The van der Waals surface area contributed by atoms with E-state index in [-0.39, 0.29) is 18.9 Å². The molecule has 0 bridgehead atoms. The molecule has 4 N–H and O–H groups in total. The number of H-pyrrole nitrogens is 2. The van der Waals surface area contributed by atoms with Crippen molar-refractivity contribution >= 4 is 0 Å². The summed E-state index contributed by atoms with van der Waals surface area (Å²) in [6.07, 6.45) is 0.634. The zero-order valence-electron chi connectivity index (χ0n) is 8.44. The van der Waals surface area contributed by atoms with Crippen molar-refractivity contribution in [3.8, 4) is 0 Å². The summed E-state index contributed by atoms with van der Waals surface area (Å²) in [4.78, 5) is 15.2. The van der Waals surface area contributed by atoms with Crippen LogP contribution in [0.2, 0.25) is 0 Å². The van der Waals surface area contributed by atoms with Gasteiger partial charge in [-0.1, -0.05) is 0 Å². The molecule has 7 heteroatoms. The fraction of sp³-hybridized carbons (Fsp3) is 0.750. The highest BCUT2D eigenvalue weighted by molar-refractivity contribution is 4.80. The molecule has 1 heterocycles. The van der Waals surface area contributed by atoms with E-state index in [9.17, 15) is 4.79 Å². The van der Waals surface area contributed by atoms with Gasteiger partial charge in [0.05, 0.1) is 13.2 Å². The first-order valence-electron chi connectivity index (χ1n) is 4.84. The van der Waals surface area contributed by atoms with Gasteiger partial charge in [0, 0.05) is 19.7 Å². The predicted molar refractivity (Wildman–Crippen MR) is 53.3 cm³/mol. The first kappa shape index (κ1) is 11.9. The van der Waals surface area contributed by atoms with E-state index in [1.54, 1.807) is 0 Å². The Morgan fingerprint density at radius 3 is 2.60 bits per heavy atom. The van der Waals surface area contributed by atoms with Crippen LogP contribution in [0.1, 0.15) is 12.2 Å². The van der Waals surface area contributed by atoms with Crippen LogP contribution in [0, 0.1) is 0 Å². The average molecular weight is 216 g/mol. The summed E-state index contributed by atoms with van der Waals surface area (Å²) < 4.78 is 0. The molecule has 1 rings (SSSR count). The Morgan fingerprint density at radius 2 is 2.07 bits per heavy atom. The molecule has 0 atom stereocenters. The highest BCUT2D eigenvalue weighted by Gasteiger charge is 2.07. The highest BCUT2D eigenvalue weighted by atomic mass is 16.3. The maximum atomic E-state index is 10.8. The van der Waals surface area contributed by atoms with Crippen LogP contribution in [0.3, 0.4) is 0 Å². The van der Waals surface area contributed by atoms with Gasteiger partial charge in [-0.2, -0.15) is 5.10 Å². The van der Waals surface area contributed by atoms with E-state index < -0.39 is 0 Å². The number of aliphatic hydroxyl groups is 2. The van der Waals surface area contributed by atoms with Crippen LogP contribution in [0.25, 0.3) is 0 Å². The molecule has 0 saturated heterocycles. The van der Waals surface area contributed by atoms with Crippen LogP contribution in [0.4, 0.5) is 0 Å². The van der Waals surface area contributed by atoms with Crippen LogP contribution >= 0.6 is 0 Å². The lowest BCUT2D eigenvalue weighted by atomic mass is 10.3. The second-order valence-electron chi connectivity index (χ2n) is 3.20. The van der Waals surface area contributed by atoms with E-state index in [2.05, 4.69) is 15.2 Å². The monoisotopic (exact) mass is 216 g/mol. The fourth-order valence-corrected chi connectivity index (χ4v) is 1.30. The van der Waals surface area contributed by atoms with Crippen molar-refractivity contribution in [1.82, 2.24) is 20.1 Å². The van der Waals surface area contributed by atoms with E-state index in [1.807, 2.05) is 4.90 Å². The van der Waals surface area contributed by atoms with E-state index in [1.165, 1.54) is 0 Å². The Labute approximate surface area is 86.7 Å². The Balaban J connectivity index is 2.46. The molecule has 1 aromatic heterocycles. The molecule has 0 aliphatic rings. The third kappa shape index (κ3) is 4.24. The number of nitrogens with one attached hydrogen (secondary N) is 2. The van der Waals surface area contributed by atoms with Crippen molar-refractivity contribution in [2.24, 2.45) is 0 Å². The molecule has 15 heavy (non-hydrogen) atoms. The minimum atomic E-state index is -0.337. The summed E-state index contributed by atoms with van der Waals surface area (Å²) in [5.74, 6) is 0.534. The summed E-state index contributed by atoms with van der Waals surface area (Å²) in [6, 6.07) is 0. The van der Waals surface area contributed by atoms with Crippen molar-refractivity contribution in [3.05, 3.63) is 16.3 Å². The zero-order valence-corrected chi connectivity index (χ0v) is 8.44. The molecule has 0 aliphatic carbocycles. The van der Waals surface area contributed by atoms with E-state index in [4.69, 9.17) is 10.2 Å². The predicted octanol–water partition coefficient (Wildman–Crippen LogP) is -1.73. The second-order valence-corrected chi connectivity index (χ2v) is 3.20. The van der Waals surface area contributed by atoms with Gasteiger partial charge in [0.2, 0.25) is 0 Å². The molecule has 0 fully saturated rings. The molecular weight excluding hydrogens is 200 g/mol. The van der Waals surface area contributed by atoms with Gasteiger partial charge in [-0.3, -0.25) is 9.88 Å². The molecule has 7 nitrogen and oxygen atoms in total. The van der Waals surface area contributed by atoms with Crippen molar-refractivity contribution in [2.75, 3.05) is 26.3 Å². The molecule has 0 spiro atoms. The first-order valence-corrected chi connectivity index (χ1v) is 4.84. The lowest BCUT2D eigenvalue weighted by molar-refractivity contribution is 0.171. The molecular formula is C8H16N4O3. The Bertz CT molecular complexity index is 322. The Kier molecular flexibility index (Phi) is 5.02. The summed E-state index contributed by atoms with van der Waals surface area (Å²) in [7, 11) is 0. The zero-order chi connectivity index (χ0) is 11.1. The molecule has 1 aromatic rings. The summed E-state index contributed by atoms with van der Waals surface area (Å²) >= 11 is 0. The number of aromatic nitrogens is 3. The summed E-state index contributed by atoms with van der Waals surface area (Å²) in [5.41, 5.74) is -0.337. The minimum absolute atomic E-state index is 0.0417. The number of aliphatic hydroxyl groups excluding tert-OH is 2. The average Bonchev–Trinajstić information content (AvgIpc) is 2.61. The first-order chi connectivity index (χ1) is 7.26. The standard InChI is InChI=1S/C8H16N4O3/c13-4-1-2-12(3-5-14)6-7-9-8(15)11-10-7/h13-14H,1-6H2,(H2,9,10,11,15). The third-order valence-electron chi connectivity index (χ3n) is 1.97. The van der Waals surface area contributed by atoms with Crippen molar-refractivity contribution in [2.45, 2.75) is 13.0 Å². The van der Waals surface area contributed by atoms with Crippen LogP contribution in [0.5, 0.6) is 0 Å². The largest absolute Gasteiger partial charge is 0.396 e. The van der Waals surface area contributed by atoms with E-state index in [0.29, 0.717) is 31.9 Å². The molecule has 0 saturated carbocycles. The maximum absolute atomic E-state index is 10.8. The maximum Gasteiger partial charge on any atom is 0.340 e. The van der Waals surface area contributed by atoms with Gasteiger partial charge < -0.3 is 10.2 Å². The van der Waals surface area contributed by atoms with Gasteiger partial charge in [-0.15, -0.1) is 0 Å². The smallest absolute Gasteiger partial charge is 0.340 e. The molecule has 0 aromatic carbocycles. The van der Waals surface area contributed by atoms with Crippen molar-refractivity contribution < 1.29 is 10.2 Å². The van der Waals surface area contributed by atoms with Gasteiger partial charge in [-0.05, 0) is 6.42 Å². The van der Waals surface area contributed by atoms with Gasteiger partial charge >= 0.3 is 5.69 Å². The van der Waals surface area contributed by atoms with Gasteiger partial charge in [-0.25, -0.2) is 9.89 Å². The SMILES string of the molecule is O=c1[nH]nc(CN(CCO)CCCO)[nH]1. The lowest BCUT2D eigenvalue weighted by Gasteiger charge is -2.18. The van der Waals surface area contributed by atoms with E-state index >= 15 is 0 Å². The fourth-order valence-electron chi connectivity index (χ4n) is 1.30. The number of hydrogen-bond acceptors (Lipinski definition) is 5. The van der Waals surface area contributed by atoms with Crippen LogP contribution in [-0.2, 0) is 6.54 Å². The van der Waals surface area contributed by atoms with Gasteiger partial charge in [0.15, 0.2) is 0 Å². The normalized spacial score (nSPS) is 11.1. The number of rotatable bonds is 7. The van der Waals surface area contributed by atoms with Crippen LogP contribution < -0.4 is 5.69 Å². The van der Waals surface area contributed by atoms with Crippen molar-refractivity contribution in [3.63, 3.8) is 0 Å². The Morgan fingerprint density at radius 1 is 1.27 bits per heavy atom. The van der Waals surface area contributed by atoms with Gasteiger partial charge in [0.1, 0.15) is 5.82 Å². The summed E-state index contributed by atoms with van der Waals surface area (Å²) in [6.45, 7) is 1.76. The van der Waals surface area contributed by atoms with Crippen molar-refractivity contribution in [1.29, 1.82) is 0 Å². The second kappa shape index (κ2) is 6.33. The lowest BCUT2D eigenvalue weighted by Crippen LogP contribution is -2.28. The topological polar surface area (TPSA) is 105 Å². The number of aromatic amines is 2. The third-order valence-corrected chi connectivity index (χ3v) is 1.97. The molecule has 0 radical (unpaired) electrons. The number of hydrogen-bond donors (Lipinski definition) is 4. The quantitative estimate of drug-likeness (QED) is 0.433. The molecule has 0 unspecified atom stereocenters. The van der Waals surface area contributed by atoms with Gasteiger partial charge in [0.25, 0.3) is 0 Å². The highest BCUT2D eigenvalue weighted by Crippen LogP contribution is 1.97. The molecule has 86 valence electrons. The molecule has 0 amide bonds. The van der Waals surface area contributed by atoms with Crippen LogP contribution in [0.15, 0.2) is 4.79 Å². The number of nitrogens with zero attached hydrogens (tertiary/aromatic N) is 2. The minimum Gasteiger partial charge on any atom is -0.396 e.